The summed E-state index contributed by atoms with van der Waals surface area (Å²) in [7, 11) is 0. The van der Waals surface area contributed by atoms with Crippen molar-refractivity contribution in [1.82, 2.24) is 15.0 Å². The minimum absolute atomic E-state index is 0.269. The second-order valence-corrected chi connectivity index (χ2v) is 5.91. The second-order valence-electron chi connectivity index (χ2n) is 5.14. The van der Waals surface area contributed by atoms with Gasteiger partial charge in [0.05, 0.1) is 0 Å². The van der Waals surface area contributed by atoms with Gasteiger partial charge in [0.2, 0.25) is 0 Å². The van der Waals surface area contributed by atoms with Gasteiger partial charge >= 0.3 is 5.97 Å². The number of pyridine rings is 1. The van der Waals surface area contributed by atoms with Gasteiger partial charge in [0, 0.05) is 23.6 Å². The highest BCUT2D eigenvalue weighted by Gasteiger charge is 2.09. The van der Waals surface area contributed by atoms with Gasteiger partial charge < -0.3 is 10.1 Å². The maximum atomic E-state index is 12.0. The highest BCUT2D eigenvalue weighted by molar-refractivity contribution is 7.98. The van der Waals surface area contributed by atoms with Gasteiger partial charge in [-0.1, -0.05) is 17.8 Å². The molecule has 0 atom stereocenters. The first kappa shape index (κ1) is 16.9. The molecule has 3 aromatic rings. The summed E-state index contributed by atoms with van der Waals surface area (Å²) in [5.74, 6) is 0.678. The molecule has 0 saturated carbocycles. The number of aromatic nitrogens is 3. The molecular weight excluding hydrogens is 336 g/mol. The number of nitrogens with one attached hydrogen (secondary N) is 1. The number of aryl methyl sites for hydroxylation is 1. The fourth-order valence-electron chi connectivity index (χ4n) is 2.09. The average molecular weight is 352 g/mol. The summed E-state index contributed by atoms with van der Waals surface area (Å²) < 4.78 is 5.30. The molecule has 0 aliphatic carbocycles. The van der Waals surface area contributed by atoms with Crippen LogP contribution in [0.1, 0.15) is 16.2 Å². The van der Waals surface area contributed by atoms with Crippen molar-refractivity contribution < 1.29 is 9.53 Å². The summed E-state index contributed by atoms with van der Waals surface area (Å²) in [6.07, 6.45) is 3.49. The monoisotopic (exact) mass is 352 g/mol. The van der Waals surface area contributed by atoms with Crippen LogP contribution in [0, 0.1) is 6.92 Å². The number of nitrogens with zero attached hydrogens (tertiary/aromatic N) is 3. The van der Waals surface area contributed by atoms with Crippen LogP contribution < -0.4 is 10.1 Å². The Balaban J connectivity index is 1.68. The third-order valence-electron chi connectivity index (χ3n) is 3.23. The van der Waals surface area contributed by atoms with E-state index in [0.29, 0.717) is 10.9 Å². The third kappa shape index (κ3) is 4.54. The Morgan fingerprint density at radius 2 is 1.92 bits per heavy atom. The standard InChI is InChI=1S/C18H16N4O2S/c1-12-11-16(22-18(20-12)25-2)21-13-6-8-14(9-7-13)24-17(23)15-5-3-4-10-19-15/h3-11H,1-2H3,(H,20,21,22). The number of benzene rings is 1. The summed E-state index contributed by atoms with van der Waals surface area (Å²) >= 11 is 1.49. The smallest absolute Gasteiger partial charge is 0.362 e. The van der Waals surface area contributed by atoms with E-state index >= 15 is 0 Å². The molecule has 0 fully saturated rings. The number of rotatable bonds is 5. The number of thioether (sulfide) groups is 1. The van der Waals surface area contributed by atoms with E-state index in [2.05, 4.69) is 20.3 Å². The third-order valence-corrected chi connectivity index (χ3v) is 3.78. The quantitative estimate of drug-likeness (QED) is 0.323. The van der Waals surface area contributed by atoms with Crippen LogP contribution in [0.2, 0.25) is 0 Å². The minimum atomic E-state index is -0.489. The summed E-state index contributed by atoms with van der Waals surface area (Å²) in [5.41, 5.74) is 2.00. The minimum Gasteiger partial charge on any atom is -0.422 e. The molecule has 7 heteroatoms. The van der Waals surface area contributed by atoms with Crippen LogP contribution in [0.4, 0.5) is 11.5 Å². The van der Waals surface area contributed by atoms with E-state index in [9.17, 15) is 4.79 Å². The lowest BCUT2D eigenvalue weighted by molar-refractivity contribution is 0.0728. The van der Waals surface area contributed by atoms with Gasteiger partial charge in [-0.05, 0) is 49.6 Å². The maximum absolute atomic E-state index is 12.0. The molecule has 0 spiro atoms. The Morgan fingerprint density at radius 1 is 1.12 bits per heavy atom. The molecule has 6 nitrogen and oxygen atoms in total. The van der Waals surface area contributed by atoms with Gasteiger partial charge in [-0.25, -0.2) is 19.7 Å². The zero-order valence-electron chi connectivity index (χ0n) is 13.8. The molecule has 1 aromatic carbocycles. The number of carbonyl (C=O) groups is 1. The van der Waals surface area contributed by atoms with Crippen molar-refractivity contribution >= 4 is 29.2 Å². The lowest BCUT2D eigenvalue weighted by atomic mass is 10.3. The van der Waals surface area contributed by atoms with Gasteiger partial charge in [0.1, 0.15) is 17.3 Å². The van der Waals surface area contributed by atoms with Crippen LogP contribution in [-0.2, 0) is 0 Å². The first-order chi connectivity index (χ1) is 12.1. The van der Waals surface area contributed by atoms with Crippen molar-refractivity contribution in [2.24, 2.45) is 0 Å². The van der Waals surface area contributed by atoms with E-state index in [1.807, 2.05) is 31.4 Å². The zero-order chi connectivity index (χ0) is 17.6. The summed E-state index contributed by atoms with van der Waals surface area (Å²) in [4.78, 5) is 24.7. The molecule has 25 heavy (non-hydrogen) atoms. The molecule has 2 aromatic heterocycles. The molecule has 0 saturated heterocycles. The van der Waals surface area contributed by atoms with Crippen LogP contribution in [-0.4, -0.2) is 27.2 Å². The molecule has 0 aliphatic rings. The van der Waals surface area contributed by atoms with Crippen LogP contribution in [0.3, 0.4) is 0 Å². The molecule has 0 aliphatic heterocycles. The predicted octanol–water partition coefficient (Wildman–Crippen LogP) is 3.86. The van der Waals surface area contributed by atoms with Gasteiger partial charge in [-0.2, -0.15) is 0 Å². The number of anilines is 2. The Kier molecular flexibility index (Phi) is 5.25. The van der Waals surface area contributed by atoms with Crippen LogP contribution >= 0.6 is 11.8 Å². The molecular formula is C18H16N4O2S. The largest absolute Gasteiger partial charge is 0.422 e. The zero-order valence-corrected chi connectivity index (χ0v) is 14.6. The van der Waals surface area contributed by atoms with Crippen LogP contribution in [0.25, 0.3) is 0 Å². The van der Waals surface area contributed by atoms with E-state index in [0.717, 1.165) is 17.2 Å². The van der Waals surface area contributed by atoms with Crippen LogP contribution in [0.15, 0.2) is 59.9 Å². The summed E-state index contributed by atoms with van der Waals surface area (Å²) in [5, 5.41) is 3.93. The Bertz CT molecular complexity index is 870. The molecule has 0 amide bonds. The van der Waals surface area contributed by atoms with Crippen LogP contribution in [0.5, 0.6) is 5.75 Å². The van der Waals surface area contributed by atoms with Crippen molar-refractivity contribution in [3.05, 3.63) is 66.1 Å². The molecule has 3 rings (SSSR count). The van der Waals surface area contributed by atoms with Gasteiger partial charge in [0.15, 0.2) is 5.16 Å². The van der Waals surface area contributed by atoms with Crippen molar-refractivity contribution in [3.63, 3.8) is 0 Å². The summed E-state index contributed by atoms with van der Waals surface area (Å²) in [6.45, 7) is 1.92. The molecule has 0 radical (unpaired) electrons. The fraction of sp³-hybridized carbons (Fsp3) is 0.111. The van der Waals surface area contributed by atoms with Gasteiger partial charge in [-0.15, -0.1) is 0 Å². The van der Waals surface area contributed by atoms with Crippen molar-refractivity contribution in [3.8, 4) is 5.75 Å². The number of esters is 1. The SMILES string of the molecule is CSc1nc(C)cc(Nc2ccc(OC(=O)c3ccccn3)cc2)n1. The number of ether oxygens (including phenoxy) is 1. The lowest BCUT2D eigenvalue weighted by Crippen LogP contribution is -2.10. The number of hydrogen-bond acceptors (Lipinski definition) is 7. The molecule has 0 bridgehead atoms. The second kappa shape index (κ2) is 7.76. The van der Waals surface area contributed by atoms with Gasteiger partial charge in [0.25, 0.3) is 0 Å². The average Bonchev–Trinajstić information content (AvgIpc) is 2.63. The van der Waals surface area contributed by atoms with E-state index in [1.54, 1.807) is 36.5 Å². The first-order valence-corrected chi connectivity index (χ1v) is 8.76. The van der Waals surface area contributed by atoms with Gasteiger partial charge in [-0.3, -0.25) is 0 Å². The molecule has 0 unspecified atom stereocenters. The lowest BCUT2D eigenvalue weighted by Gasteiger charge is -2.09. The Morgan fingerprint density at radius 3 is 2.60 bits per heavy atom. The normalized spacial score (nSPS) is 10.3. The number of hydrogen-bond donors (Lipinski definition) is 1. The molecule has 2 heterocycles. The fourth-order valence-corrected chi connectivity index (χ4v) is 2.52. The van der Waals surface area contributed by atoms with E-state index in [-0.39, 0.29) is 5.69 Å². The van der Waals surface area contributed by atoms with Crippen molar-refractivity contribution in [2.75, 3.05) is 11.6 Å². The number of carbonyl (C=O) groups excluding carboxylic acids is 1. The highest BCUT2D eigenvalue weighted by atomic mass is 32.2. The van der Waals surface area contributed by atoms with E-state index in [4.69, 9.17) is 4.74 Å². The predicted molar refractivity (Wildman–Crippen MR) is 97.5 cm³/mol. The molecule has 1 N–H and O–H groups in total. The van der Waals surface area contributed by atoms with E-state index in [1.165, 1.54) is 11.8 Å². The Labute approximate surface area is 149 Å². The summed E-state index contributed by atoms with van der Waals surface area (Å²) in [6, 6.07) is 14.0. The Hall–Kier alpha value is -2.93. The highest BCUT2D eigenvalue weighted by Crippen LogP contribution is 2.21. The maximum Gasteiger partial charge on any atom is 0.362 e. The molecule has 126 valence electrons. The first-order valence-electron chi connectivity index (χ1n) is 7.54. The van der Waals surface area contributed by atoms with Crippen molar-refractivity contribution in [2.45, 2.75) is 12.1 Å². The van der Waals surface area contributed by atoms with Crippen molar-refractivity contribution in [1.29, 1.82) is 0 Å². The topological polar surface area (TPSA) is 77.0 Å². The van der Waals surface area contributed by atoms with E-state index < -0.39 is 5.97 Å².